The molecule has 0 aliphatic rings. The van der Waals surface area contributed by atoms with Crippen LogP contribution < -0.4 is 14.8 Å². The molecule has 122 valence electrons. The molecule has 0 aromatic heterocycles. The molecule has 2 N–H and O–H groups in total. The average Bonchev–Trinajstić information content (AvgIpc) is 2.50. The summed E-state index contributed by atoms with van der Waals surface area (Å²) in [5.74, 6) is 0.208. The first-order valence-electron chi connectivity index (χ1n) is 6.50. The van der Waals surface area contributed by atoms with Crippen molar-refractivity contribution in [3.05, 3.63) is 22.2 Å². The Labute approximate surface area is 137 Å². The van der Waals surface area contributed by atoms with Gasteiger partial charge in [-0.15, -0.1) is 0 Å². The van der Waals surface area contributed by atoms with Gasteiger partial charge >= 0.3 is 12.0 Å². The van der Waals surface area contributed by atoms with Crippen LogP contribution in [-0.2, 0) is 11.3 Å². The van der Waals surface area contributed by atoms with Crippen molar-refractivity contribution in [3.63, 3.8) is 0 Å². The van der Waals surface area contributed by atoms with Gasteiger partial charge in [0.05, 0.1) is 20.6 Å². The lowest BCUT2D eigenvalue weighted by Gasteiger charge is -2.18. The summed E-state index contributed by atoms with van der Waals surface area (Å²) >= 11 is 3.41. The van der Waals surface area contributed by atoms with E-state index in [1.807, 2.05) is 0 Å². The van der Waals surface area contributed by atoms with Gasteiger partial charge in [-0.25, -0.2) is 4.79 Å². The highest BCUT2D eigenvalue weighted by Gasteiger charge is 2.13. The van der Waals surface area contributed by atoms with Crippen molar-refractivity contribution < 1.29 is 24.2 Å². The summed E-state index contributed by atoms with van der Waals surface area (Å²) in [7, 11) is 4.62. The molecule has 0 unspecified atom stereocenters. The van der Waals surface area contributed by atoms with Gasteiger partial charge in [0.1, 0.15) is 0 Å². The van der Waals surface area contributed by atoms with Crippen LogP contribution in [0, 0.1) is 0 Å². The summed E-state index contributed by atoms with van der Waals surface area (Å²) in [6, 6.07) is 3.18. The molecule has 0 fully saturated rings. The second-order valence-corrected chi connectivity index (χ2v) is 5.38. The first kappa shape index (κ1) is 18.1. The molecule has 0 bridgehead atoms. The van der Waals surface area contributed by atoms with Gasteiger partial charge < -0.3 is 24.8 Å². The summed E-state index contributed by atoms with van der Waals surface area (Å²) in [5.41, 5.74) is 0.817. The first-order chi connectivity index (χ1) is 10.4. The van der Waals surface area contributed by atoms with Crippen molar-refractivity contribution in [2.24, 2.45) is 0 Å². The van der Waals surface area contributed by atoms with Crippen LogP contribution in [0.25, 0.3) is 0 Å². The van der Waals surface area contributed by atoms with Crippen molar-refractivity contribution in [1.29, 1.82) is 0 Å². The quantitative estimate of drug-likeness (QED) is 0.762. The predicted octanol–water partition coefficient (Wildman–Crippen LogP) is 2.08. The first-order valence-corrected chi connectivity index (χ1v) is 7.29. The molecular formula is C14H19BrN2O5. The Kier molecular flexibility index (Phi) is 6.97. The molecule has 0 spiro atoms. The van der Waals surface area contributed by atoms with E-state index in [1.165, 1.54) is 12.0 Å². The van der Waals surface area contributed by atoms with E-state index in [4.69, 9.17) is 14.6 Å². The van der Waals surface area contributed by atoms with Gasteiger partial charge in [0.15, 0.2) is 11.5 Å². The van der Waals surface area contributed by atoms with Crippen molar-refractivity contribution in [1.82, 2.24) is 10.2 Å². The lowest BCUT2D eigenvalue weighted by atomic mass is 10.2. The van der Waals surface area contributed by atoms with Crippen molar-refractivity contribution in [2.45, 2.75) is 13.0 Å². The fourth-order valence-electron chi connectivity index (χ4n) is 1.70. The molecule has 0 aliphatic heterocycles. The van der Waals surface area contributed by atoms with Crippen molar-refractivity contribution in [3.8, 4) is 11.5 Å². The predicted molar refractivity (Wildman–Crippen MR) is 84.4 cm³/mol. The number of ether oxygens (including phenoxy) is 2. The highest BCUT2D eigenvalue weighted by molar-refractivity contribution is 9.10. The number of carbonyl (C=O) groups is 2. The van der Waals surface area contributed by atoms with Gasteiger partial charge in [-0.3, -0.25) is 4.79 Å². The maximum atomic E-state index is 11.9. The normalized spacial score (nSPS) is 10.0. The summed E-state index contributed by atoms with van der Waals surface area (Å²) in [6.45, 7) is 0.422. The highest BCUT2D eigenvalue weighted by Crippen LogP contribution is 2.33. The van der Waals surface area contributed by atoms with Gasteiger partial charge in [-0.1, -0.05) is 15.9 Å². The Morgan fingerprint density at radius 1 is 1.27 bits per heavy atom. The van der Waals surface area contributed by atoms with Crippen LogP contribution in [-0.4, -0.2) is 49.8 Å². The second-order valence-electron chi connectivity index (χ2n) is 4.52. The number of carboxylic acids is 1. The fraction of sp³-hybridized carbons (Fsp3) is 0.429. The number of benzene rings is 1. The number of carboxylic acid groups (broad SMARTS) is 1. The third kappa shape index (κ3) is 5.10. The molecule has 7 nitrogen and oxygen atoms in total. The third-order valence-electron chi connectivity index (χ3n) is 2.99. The van der Waals surface area contributed by atoms with Gasteiger partial charge in [0.2, 0.25) is 0 Å². The highest BCUT2D eigenvalue weighted by atomic mass is 79.9. The molecule has 0 saturated heterocycles. The van der Waals surface area contributed by atoms with Gasteiger partial charge in [-0.2, -0.15) is 0 Å². The summed E-state index contributed by atoms with van der Waals surface area (Å²) in [4.78, 5) is 23.7. The summed E-state index contributed by atoms with van der Waals surface area (Å²) in [5, 5.41) is 11.3. The summed E-state index contributed by atoms with van der Waals surface area (Å²) < 4.78 is 11.2. The number of amides is 2. The number of hydrogen-bond donors (Lipinski definition) is 2. The van der Waals surface area contributed by atoms with E-state index in [2.05, 4.69) is 21.2 Å². The standard InChI is InChI=1S/C14H19BrN2O5/c1-17(5-4-13(18)19)14(20)16-8-9-6-11(21-2)12(22-3)7-10(9)15/h6-7H,4-5,8H2,1-3H3,(H,16,20)(H,18,19). The third-order valence-corrected chi connectivity index (χ3v) is 3.73. The number of hydrogen-bond acceptors (Lipinski definition) is 4. The summed E-state index contributed by atoms with van der Waals surface area (Å²) in [6.07, 6.45) is -0.0933. The van der Waals surface area contributed by atoms with Crippen molar-refractivity contribution in [2.75, 3.05) is 27.8 Å². The van der Waals surface area contributed by atoms with Crippen LogP contribution in [0.3, 0.4) is 0 Å². The zero-order valence-electron chi connectivity index (χ0n) is 12.7. The van der Waals surface area contributed by atoms with E-state index in [0.29, 0.717) is 11.5 Å². The zero-order chi connectivity index (χ0) is 16.7. The van der Waals surface area contributed by atoms with Crippen LogP contribution in [0.1, 0.15) is 12.0 Å². The molecule has 0 atom stereocenters. The Balaban J connectivity index is 2.67. The maximum Gasteiger partial charge on any atom is 0.317 e. The molecular weight excluding hydrogens is 356 g/mol. The molecule has 2 amide bonds. The molecule has 0 saturated carbocycles. The largest absolute Gasteiger partial charge is 0.493 e. The molecule has 1 aromatic rings. The van der Waals surface area contributed by atoms with Gasteiger partial charge in [0.25, 0.3) is 0 Å². The van der Waals surface area contributed by atoms with E-state index in [1.54, 1.807) is 26.3 Å². The number of halogens is 1. The van der Waals surface area contributed by atoms with Crippen LogP contribution in [0.4, 0.5) is 4.79 Å². The van der Waals surface area contributed by atoms with Crippen LogP contribution in [0.5, 0.6) is 11.5 Å². The van der Waals surface area contributed by atoms with Gasteiger partial charge in [-0.05, 0) is 17.7 Å². The number of nitrogens with one attached hydrogen (secondary N) is 1. The van der Waals surface area contributed by atoms with E-state index in [-0.39, 0.29) is 25.5 Å². The molecule has 8 heteroatoms. The smallest absolute Gasteiger partial charge is 0.317 e. The SMILES string of the molecule is COc1cc(Br)c(CNC(=O)N(C)CCC(=O)O)cc1OC. The minimum absolute atomic E-state index is 0.0933. The molecule has 1 rings (SSSR count). The monoisotopic (exact) mass is 374 g/mol. The Bertz CT molecular complexity index is 550. The number of nitrogens with zero attached hydrogens (tertiary/aromatic N) is 1. The average molecular weight is 375 g/mol. The topological polar surface area (TPSA) is 88.1 Å². The maximum absolute atomic E-state index is 11.9. The van der Waals surface area contributed by atoms with Crippen molar-refractivity contribution >= 4 is 27.9 Å². The molecule has 0 heterocycles. The Morgan fingerprint density at radius 3 is 2.41 bits per heavy atom. The molecule has 1 aromatic carbocycles. The Morgan fingerprint density at radius 2 is 1.86 bits per heavy atom. The molecule has 0 radical (unpaired) electrons. The van der Waals surface area contributed by atoms with Crippen LogP contribution in [0.2, 0.25) is 0 Å². The lowest BCUT2D eigenvalue weighted by molar-refractivity contribution is -0.137. The molecule has 0 aliphatic carbocycles. The second kappa shape index (κ2) is 8.47. The number of rotatable bonds is 7. The number of methoxy groups -OCH3 is 2. The van der Waals surface area contributed by atoms with Crippen LogP contribution in [0.15, 0.2) is 16.6 Å². The minimum atomic E-state index is -0.942. The Hall–Kier alpha value is -1.96. The van der Waals surface area contributed by atoms with E-state index < -0.39 is 5.97 Å². The van der Waals surface area contributed by atoms with E-state index in [9.17, 15) is 9.59 Å². The van der Waals surface area contributed by atoms with E-state index >= 15 is 0 Å². The van der Waals surface area contributed by atoms with Crippen LogP contribution >= 0.6 is 15.9 Å². The van der Waals surface area contributed by atoms with E-state index in [0.717, 1.165) is 10.0 Å². The zero-order valence-corrected chi connectivity index (χ0v) is 14.3. The number of carbonyl (C=O) groups excluding carboxylic acids is 1. The van der Waals surface area contributed by atoms with Gasteiger partial charge in [0, 0.05) is 24.6 Å². The fourth-order valence-corrected chi connectivity index (χ4v) is 2.16. The number of urea groups is 1. The number of aliphatic carboxylic acids is 1. The minimum Gasteiger partial charge on any atom is -0.493 e. The lowest BCUT2D eigenvalue weighted by Crippen LogP contribution is -2.38. The molecule has 22 heavy (non-hydrogen) atoms.